The maximum absolute atomic E-state index is 11.1. The van der Waals surface area contributed by atoms with Crippen LogP contribution in [0, 0.1) is 0 Å². The number of carbonyl (C=O) groups excluding carboxylic acids is 1. The van der Waals surface area contributed by atoms with Crippen LogP contribution in [-0.2, 0) is 4.79 Å². The largest absolute Gasteiger partial charge is 0.393 e. The van der Waals surface area contributed by atoms with Crippen LogP contribution in [0.4, 0.5) is 0 Å². The predicted molar refractivity (Wildman–Crippen MR) is 65.4 cm³/mol. The Morgan fingerprint density at radius 1 is 1.44 bits per heavy atom. The fourth-order valence-electron chi connectivity index (χ4n) is 2.58. The molecule has 0 amide bonds. The molecule has 94 valence electrons. The predicted octanol–water partition coefficient (Wildman–Crippen LogP) is 2.03. The number of piperidine rings is 1. The summed E-state index contributed by atoms with van der Waals surface area (Å²) in [6, 6.07) is 0.740. The minimum Gasteiger partial charge on any atom is -0.393 e. The number of carbonyl (C=O) groups is 1. The Kier molecular flexibility index (Phi) is 5.99. The topological polar surface area (TPSA) is 49.3 Å². The molecule has 3 nitrogen and oxygen atoms in total. The third-order valence-electron chi connectivity index (χ3n) is 3.29. The molecule has 0 radical (unpaired) electrons. The van der Waals surface area contributed by atoms with Crippen molar-refractivity contribution in [3.8, 4) is 0 Å². The summed E-state index contributed by atoms with van der Waals surface area (Å²) in [4.78, 5) is 11.1. The van der Waals surface area contributed by atoms with Crippen molar-refractivity contribution in [3.63, 3.8) is 0 Å². The van der Waals surface area contributed by atoms with Gasteiger partial charge < -0.3 is 10.4 Å². The lowest BCUT2D eigenvalue weighted by Crippen LogP contribution is -2.44. The van der Waals surface area contributed by atoms with E-state index in [1.807, 2.05) is 0 Å². The molecule has 1 rings (SSSR count). The molecule has 0 aromatic heterocycles. The number of hydrogen-bond acceptors (Lipinski definition) is 3. The van der Waals surface area contributed by atoms with Crippen LogP contribution in [0.2, 0.25) is 0 Å². The summed E-state index contributed by atoms with van der Waals surface area (Å²) in [5, 5.41) is 13.3. The second-order valence-electron chi connectivity index (χ2n) is 5.08. The van der Waals surface area contributed by atoms with Gasteiger partial charge in [-0.2, -0.15) is 0 Å². The summed E-state index contributed by atoms with van der Waals surface area (Å²) in [5.74, 6) is 0.257. The molecular weight excluding hydrogens is 202 g/mol. The number of Topliss-reactive ketones (excluding diaryl/α,β-unsaturated/α-hetero) is 1. The maximum atomic E-state index is 11.1. The van der Waals surface area contributed by atoms with E-state index in [2.05, 4.69) is 12.2 Å². The summed E-state index contributed by atoms with van der Waals surface area (Å²) < 4.78 is 0. The first-order valence-electron chi connectivity index (χ1n) is 6.55. The average molecular weight is 227 g/mol. The third-order valence-corrected chi connectivity index (χ3v) is 3.29. The highest BCUT2D eigenvalue weighted by Gasteiger charge is 2.23. The molecule has 16 heavy (non-hydrogen) atoms. The molecule has 0 aromatic rings. The van der Waals surface area contributed by atoms with E-state index >= 15 is 0 Å². The molecule has 2 N–H and O–H groups in total. The van der Waals surface area contributed by atoms with Gasteiger partial charge in [-0.25, -0.2) is 0 Å². The van der Waals surface area contributed by atoms with Crippen molar-refractivity contribution in [3.05, 3.63) is 0 Å². The van der Waals surface area contributed by atoms with E-state index in [9.17, 15) is 9.90 Å². The normalized spacial score (nSPS) is 27.7. The van der Waals surface area contributed by atoms with E-state index in [0.29, 0.717) is 18.5 Å². The lowest BCUT2D eigenvalue weighted by molar-refractivity contribution is -0.117. The molecule has 1 heterocycles. The zero-order valence-electron chi connectivity index (χ0n) is 10.5. The van der Waals surface area contributed by atoms with E-state index in [4.69, 9.17) is 0 Å². The van der Waals surface area contributed by atoms with Crippen LogP contribution < -0.4 is 5.32 Å². The van der Waals surface area contributed by atoms with E-state index < -0.39 is 0 Å². The number of nitrogens with one attached hydrogen (secondary N) is 1. The van der Waals surface area contributed by atoms with Gasteiger partial charge in [-0.15, -0.1) is 0 Å². The molecule has 0 aliphatic carbocycles. The van der Waals surface area contributed by atoms with Crippen LogP contribution in [0.5, 0.6) is 0 Å². The van der Waals surface area contributed by atoms with Gasteiger partial charge in [-0.05, 0) is 32.6 Å². The summed E-state index contributed by atoms with van der Waals surface area (Å²) in [7, 11) is 0. The van der Waals surface area contributed by atoms with Crippen molar-refractivity contribution in [1.82, 2.24) is 5.32 Å². The highest BCUT2D eigenvalue weighted by molar-refractivity contribution is 5.76. The van der Waals surface area contributed by atoms with Crippen molar-refractivity contribution in [1.29, 1.82) is 0 Å². The van der Waals surface area contributed by atoms with Crippen LogP contribution in [0.15, 0.2) is 0 Å². The van der Waals surface area contributed by atoms with E-state index in [1.165, 1.54) is 6.42 Å². The van der Waals surface area contributed by atoms with Gasteiger partial charge in [-0.3, -0.25) is 4.79 Å². The standard InChI is InChI=1S/C13H25NO2/c1-3-5-13(16)9-12-7-4-6-11(14-12)8-10(2)15/h11-14,16H,3-9H2,1-2H3/t11-,12+,13-/m1/s1. The summed E-state index contributed by atoms with van der Waals surface area (Å²) in [6.45, 7) is 3.74. The van der Waals surface area contributed by atoms with Crippen molar-refractivity contribution in [2.24, 2.45) is 0 Å². The van der Waals surface area contributed by atoms with Crippen LogP contribution >= 0.6 is 0 Å². The van der Waals surface area contributed by atoms with Crippen molar-refractivity contribution >= 4 is 5.78 Å². The number of aliphatic hydroxyl groups is 1. The first-order valence-corrected chi connectivity index (χ1v) is 6.55. The number of aliphatic hydroxyl groups excluding tert-OH is 1. The lowest BCUT2D eigenvalue weighted by Gasteiger charge is -2.31. The SMILES string of the molecule is CCC[C@@H](O)C[C@@H]1CCC[C@H](CC(C)=O)N1. The second-order valence-corrected chi connectivity index (χ2v) is 5.08. The van der Waals surface area contributed by atoms with E-state index in [-0.39, 0.29) is 11.9 Å². The quantitative estimate of drug-likeness (QED) is 0.730. The summed E-state index contributed by atoms with van der Waals surface area (Å²) in [5.41, 5.74) is 0. The Bertz CT molecular complexity index is 218. The van der Waals surface area contributed by atoms with Gasteiger partial charge in [0.05, 0.1) is 6.10 Å². The lowest BCUT2D eigenvalue weighted by atomic mass is 9.92. The van der Waals surface area contributed by atoms with E-state index in [1.54, 1.807) is 6.92 Å². The highest BCUT2D eigenvalue weighted by Crippen LogP contribution is 2.19. The monoisotopic (exact) mass is 227 g/mol. The minimum absolute atomic E-state index is 0.182. The van der Waals surface area contributed by atoms with Gasteiger partial charge >= 0.3 is 0 Å². The van der Waals surface area contributed by atoms with Gasteiger partial charge in [-0.1, -0.05) is 19.8 Å². The summed E-state index contributed by atoms with van der Waals surface area (Å²) >= 11 is 0. The molecule has 3 heteroatoms. The van der Waals surface area contributed by atoms with Gasteiger partial charge in [0.25, 0.3) is 0 Å². The van der Waals surface area contributed by atoms with Gasteiger partial charge in [0.1, 0.15) is 5.78 Å². The molecule has 1 aliphatic heterocycles. The van der Waals surface area contributed by atoms with Crippen LogP contribution in [0.3, 0.4) is 0 Å². The van der Waals surface area contributed by atoms with Crippen LogP contribution in [-0.4, -0.2) is 29.1 Å². The van der Waals surface area contributed by atoms with Crippen LogP contribution in [0.1, 0.15) is 58.8 Å². The smallest absolute Gasteiger partial charge is 0.131 e. The molecule has 0 spiro atoms. The van der Waals surface area contributed by atoms with Gasteiger partial charge in [0.2, 0.25) is 0 Å². The third kappa shape index (κ3) is 5.08. The molecule has 0 bridgehead atoms. The summed E-state index contributed by atoms with van der Waals surface area (Å²) in [6.07, 6.45) is 6.62. The van der Waals surface area contributed by atoms with Gasteiger partial charge in [0.15, 0.2) is 0 Å². The Labute approximate surface area is 98.6 Å². The molecule has 1 fully saturated rings. The average Bonchev–Trinajstić information content (AvgIpc) is 2.17. The Balaban J connectivity index is 2.29. The Hall–Kier alpha value is -0.410. The van der Waals surface area contributed by atoms with Gasteiger partial charge in [0, 0.05) is 18.5 Å². The molecular formula is C13H25NO2. The minimum atomic E-state index is -0.182. The second kappa shape index (κ2) is 7.02. The maximum Gasteiger partial charge on any atom is 0.131 e. The first kappa shape index (κ1) is 13.7. The molecule has 0 unspecified atom stereocenters. The first-order chi connectivity index (χ1) is 7.61. The number of hydrogen-bond donors (Lipinski definition) is 2. The van der Waals surface area contributed by atoms with Crippen molar-refractivity contribution in [2.75, 3.05) is 0 Å². The molecule has 0 saturated carbocycles. The zero-order valence-corrected chi connectivity index (χ0v) is 10.5. The number of rotatable bonds is 6. The highest BCUT2D eigenvalue weighted by atomic mass is 16.3. The zero-order chi connectivity index (χ0) is 12.0. The molecule has 1 aliphatic rings. The van der Waals surface area contributed by atoms with Crippen molar-refractivity contribution < 1.29 is 9.90 Å². The fraction of sp³-hybridized carbons (Fsp3) is 0.923. The Morgan fingerprint density at radius 3 is 2.75 bits per heavy atom. The van der Waals surface area contributed by atoms with E-state index in [0.717, 1.165) is 32.1 Å². The molecule has 0 aromatic carbocycles. The molecule has 3 atom stereocenters. The fourth-order valence-corrected chi connectivity index (χ4v) is 2.58. The Morgan fingerprint density at radius 2 is 2.12 bits per heavy atom. The van der Waals surface area contributed by atoms with Crippen molar-refractivity contribution in [2.45, 2.75) is 77.0 Å². The van der Waals surface area contributed by atoms with Crippen LogP contribution in [0.25, 0.3) is 0 Å². The molecule has 1 saturated heterocycles. The number of ketones is 1.